The molecule has 0 bridgehead atoms. The number of hydrogen-bond donors (Lipinski definition) is 1. The van der Waals surface area contributed by atoms with Gasteiger partial charge in [-0.2, -0.15) is 4.37 Å². The number of anilines is 1. The summed E-state index contributed by atoms with van der Waals surface area (Å²) in [7, 11) is 0. The van der Waals surface area contributed by atoms with Crippen LogP contribution in [0.2, 0.25) is 0 Å². The fraction of sp³-hybridized carbons (Fsp3) is 0.125. The minimum Gasteiger partial charge on any atom is -0.397 e. The second-order valence-corrected chi connectivity index (χ2v) is 7.48. The molecule has 6 heteroatoms. The molecule has 3 aromatic rings. The van der Waals surface area contributed by atoms with E-state index >= 15 is 0 Å². The Hall–Kier alpha value is -1.50. The van der Waals surface area contributed by atoms with Crippen LogP contribution in [0.3, 0.4) is 0 Å². The number of carbonyl (C=O) groups is 1. The lowest BCUT2D eigenvalue weighted by molar-refractivity contribution is 0.104. The molecule has 110 valence electrons. The number of ketones is 1. The number of hydrogen-bond acceptors (Lipinski definition) is 6. The summed E-state index contributed by atoms with van der Waals surface area (Å²) in [5.41, 5.74) is 10.0. The van der Waals surface area contributed by atoms with Crippen molar-refractivity contribution in [2.45, 2.75) is 9.79 Å². The summed E-state index contributed by atoms with van der Waals surface area (Å²) in [6.45, 7) is 0. The van der Waals surface area contributed by atoms with Gasteiger partial charge in [-0.1, -0.05) is 12.1 Å². The van der Waals surface area contributed by atoms with Crippen molar-refractivity contribution in [2.75, 3.05) is 18.2 Å². The molecule has 0 saturated heterocycles. The minimum absolute atomic E-state index is 0.0111. The smallest absolute Gasteiger partial charge is 0.196 e. The first-order valence-corrected chi connectivity index (χ1v) is 9.87. The molecular formula is C16H12N2OS3. The predicted molar refractivity (Wildman–Crippen MR) is 96.5 cm³/mol. The van der Waals surface area contributed by atoms with E-state index in [4.69, 9.17) is 5.73 Å². The van der Waals surface area contributed by atoms with E-state index in [-0.39, 0.29) is 5.78 Å². The highest BCUT2D eigenvalue weighted by Crippen LogP contribution is 2.48. The van der Waals surface area contributed by atoms with Gasteiger partial charge in [0.25, 0.3) is 0 Å². The fourth-order valence-electron chi connectivity index (χ4n) is 2.94. The molecular weight excluding hydrogens is 332 g/mol. The monoisotopic (exact) mass is 344 g/mol. The Morgan fingerprint density at radius 1 is 1.14 bits per heavy atom. The molecule has 0 radical (unpaired) electrons. The maximum Gasteiger partial charge on any atom is 0.196 e. The fourth-order valence-corrected chi connectivity index (χ4v) is 5.02. The third-order valence-corrected chi connectivity index (χ3v) is 6.29. The molecule has 1 heterocycles. The van der Waals surface area contributed by atoms with E-state index in [1.54, 1.807) is 23.5 Å². The van der Waals surface area contributed by atoms with Crippen molar-refractivity contribution in [3.63, 3.8) is 0 Å². The van der Waals surface area contributed by atoms with Gasteiger partial charge in [-0.25, -0.2) is 0 Å². The first kappa shape index (κ1) is 14.1. The van der Waals surface area contributed by atoms with Gasteiger partial charge in [-0.05, 0) is 36.2 Å². The van der Waals surface area contributed by atoms with Gasteiger partial charge in [0.05, 0.1) is 21.6 Å². The van der Waals surface area contributed by atoms with Gasteiger partial charge in [-0.15, -0.1) is 23.5 Å². The zero-order valence-electron chi connectivity index (χ0n) is 12.0. The highest BCUT2D eigenvalue weighted by atomic mass is 32.2. The Labute approximate surface area is 140 Å². The number of nitrogens with zero attached hydrogens (tertiary/aromatic N) is 1. The Morgan fingerprint density at radius 2 is 1.91 bits per heavy atom. The van der Waals surface area contributed by atoms with E-state index in [1.807, 2.05) is 30.7 Å². The van der Waals surface area contributed by atoms with Gasteiger partial charge in [0.15, 0.2) is 5.78 Å². The molecule has 0 fully saturated rings. The van der Waals surface area contributed by atoms with Crippen LogP contribution < -0.4 is 5.73 Å². The van der Waals surface area contributed by atoms with E-state index in [1.165, 1.54) is 11.5 Å². The molecule has 0 spiro atoms. The highest BCUT2D eigenvalue weighted by molar-refractivity contribution is 7.99. The van der Waals surface area contributed by atoms with Gasteiger partial charge in [0.1, 0.15) is 0 Å². The maximum absolute atomic E-state index is 13.0. The first-order chi connectivity index (χ1) is 10.7. The van der Waals surface area contributed by atoms with Crippen LogP contribution >= 0.6 is 35.1 Å². The van der Waals surface area contributed by atoms with Crippen molar-refractivity contribution in [3.05, 3.63) is 35.4 Å². The van der Waals surface area contributed by atoms with Crippen LogP contribution in [0, 0.1) is 0 Å². The van der Waals surface area contributed by atoms with Crippen LogP contribution in [-0.2, 0) is 0 Å². The molecule has 0 unspecified atom stereocenters. The summed E-state index contributed by atoms with van der Waals surface area (Å²) in [5, 5.41) is 0.969. The second kappa shape index (κ2) is 5.01. The number of benzene rings is 2. The summed E-state index contributed by atoms with van der Waals surface area (Å²) in [6.07, 6.45) is 3.99. The Kier molecular flexibility index (Phi) is 3.21. The standard InChI is InChI=1S/C16H12N2OS3/c1-20-9-6-10(21-2)14(17)13-12(9)15-11-7(16(13)19)4-3-5-8(11)22-18-15/h3-6H,17H2,1-2H3. The molecule has 22 heavy (non-hydrogen) atoms. The second-order valence-electron chi connectivity index (χ2n) is 4.98. The van der Waals surface area contributed by atoms with Crippen LogP contribution in [0.15, 0.2) is 34.1 Å². The minimum atomic E-state index is 0.0111. The van der Waals surface area contributed by atoms with Crippen LogP contribution in [-0.4, -0.2) is 22.7 Å². The Bertz CT molecular complexity index is 946. The van der Waals surface area contributed by atoms with Gasteiger partial charge in [0, 0.05) is 26.3 Å². The Balaban J connectivity index is 2.21. The van der Waals surface area contributed by atoms with Crippen molar-refractivity contribution < 1.29 is 4.79 Å². The lowest BCUT2D eigenvalue weighted by atomic mass is 9.86. The molecule has 1 aliphatic carbocycles. The molecule has 1 aliphatic rings. The highest BCUT2D eigenvalue weighted by Gasteiger charge is 2.32. The molecule has 0 amide bonds. The van der Waals surface area contributed by atoms with Gasteiger partial charge in [0.2, 0.25) is 0 Å². The molecule has 0 atom stereocenters. The lowest BCUT2D eigenvalue weighted by Gasteiger charge is -2.21. The quantitative estimate of drug-likeness (QED) is 0.427. The van der Waals surface area contributed by atoms with Crippen molar-refractivity contribution in [2.24, 2.45) is 0 Å². The van der Waals surface area contributed by atoms with Crippen molar-refractivity contribution in [1.29, 1.82) is 0 Å². The first-order valence-electron chi connectivity index (χ1n) is 6.65. The van der Waals surface area contributed by atoms with E-state index in [2.05, 4.69) is 10.4 Å². The maximum atomic E-state index is 13.0. The molecule has 2 aromatic carbocycles. The molecule has 3 nitrogen and oxygen atoms in total. The van der Waals surface area contributed by atoms with Gasteiger partial charge >= 0.3 is 0 Å². The van der Waals surface area contributed by atoms with Crippen molar-refractivity contribution in [1.82, 2.24) is 4.37 Å². The summed E-state index contributed by atoms with van der Waals surface area (Å²) >= 11 is 4.63. The SMILES string of the molecule is CSc1cc(SC)c2c(c1N)C(=O)c1cccc3snc-2c13. The van der Waals surface area contributed by atoms with Crippen LogP contribution in [0.4, 0.5) is 5.69 Å². The molecule has 4 rings (SSSR count). The normalized spacial score (nSPS) is 12.7. The van der Waals surface area contributed by atoms with Crippen LogP contribution in [0.5, 0.6) is 0 Å². The topological polar surface area (TPSA) is 56.0 Å². The van der Waals surface area contributed by atoms with Crippen LogP contribution in [0.1, 0.15) is 15.9 Å². The lowest BCUT2D eigenvalue weighted by Crippen LogP contribution is -2.13. The summed E-state index contributed by atoms with van der Waals surface area (Å²) in [5.74, 6) is 0.0111. The summed E-state index contributed by atoms with van der Waals surface area (Å²) in [6, 6.07) is 7.86. The van der Waals surface area contributed by atoms with Crippen molar-refractivity contribution in [3.8, 4) is 11.3 Å². The number of carbonyl (C=O) groups excluding carboxylic acids is 1. The number of rotatable bonds is 2. The van der Waals surface area contributed by atoms with Crippen LogP contribution in [0.25, 0.3) is 21.3 Å². The molecule has 0 aliphatic heterocycles. The number of aromatic nitrogens is 1. The summed E-state index contributed by atoms with van der Waals surface area (Å²) in [4.78, 5) is 15.0. The average Bonchev–Trinajstić information content (AvgIpc) is 2.97. The number of thioether (sulfide) groups is 2. The van der Waals surface area contributed by atoms with E-state index in [0.717, 1.165) is 31.1 Å². The third kappa shape index (κ3) is 1.71. The molecule has 1 aromatic heterocycles. The zero-order chi connectivity index (χ0) is 15.4. The number of nitrogens with two attached hydrogens (primary N) is 1. The molecule has 0 saturated carbocycles. The average molecular weight is 344 g/mol. The van der Waals surface area contributed by atoms with E-state index in [0.29, 0.717) is 16.8 Å². The van der Waals surface area contributed by atoms with Gasteiger partial charge in [-0.3, -0.25) is 4.79 Å². The van der Waals surface area contributed by atoms with E-state index < -0.39 is 0 Å². The third-order valence-electron chi connectivity index (χ3n) is 3.94. The zero-order valence-corrected chi connectivity index (χ0v) is 14.4. The Morgan fingerprint density at radius 3 is 2.64 bits per heavy atom. The number of fused-ring (bicyclic) bond motifs is 2. The van der Waals surface area contributed by atoms with E-state index in [9.17, 15) is 4.79 Å². The molecule has 2 N–H and O–H groups in total. The number of nitrogen functional groups attached to an aromatic ring is 1. The summed E-state index contributed by atoms with van der Waals surface area (Å²) < 4.78 is 5.67. The largest absolute Gasteiger partial charge is 0.397 e. The van der Waals surface area contributed by atoms with Gasteiger partial charge < -0.3 is 5.73 Å². The van der Waals surface area contributed by atoms with Crippen molar-refractivity contribution >= 4 is 56.6 Å². The predicted octanol–water partition coefficient (Wildman–Crippen LogP) is 4.53.